The fraction of sp³-hybridized carbons (Fsp3) is 0.176. The third kappa shape index (κ3) is 2.53. The van der Waals surface area contributed by atoms with E-state index in [4.69, 9.17) is 24.7 Å². The molecule has 0 bridgehead atoms. The predicted molar refractivity (Wildman–Crippen MR) is 83.4 cm³/mol. The summed E-state index contributed by atoms with van der Waals surface area (Å²) in [5.74, 6) is 2.86. The summed E-state index contributed by atoms with van der Waals surface area (Å²) in [4.78, 5) is 0. The highest BCUT2D eigenvalue weighted by Crippen LogP contribution is 2.37. The predicted octanol–water partition coefficient (Wildman–Crippen LogP) is 2.78. The van der Waals surface area contributed by atoms with Crippen molar-refractivity contribution in [2.45, 2.75) is 0 Å². The van der Waals surface area contributed by atoms with Gasteiger partial charge < -0.3 is 24.7 Å². The van der Waals surface area contributed by atoms with Crippen molar-refractivity contribution in [3.63, 3.8) is 0 Å². The lowest BCUT2D eigenvalue weighted by Gasteiger charge is -2.12. The van der Waals surface area contributed by atoms with Gasteiger partial charge in [0, 0.05) is 17.8 Å². The van der Waals surface area contributed by atoms with E-state index in [1.54, 1.807) is 20.4 Å². The van der Waals surface area contributed by atoms with E-state index in [-0.39, 0.29) is 6.79 Å². The highest BCUT2D eigenvalue weighted by molar-refractivity contribution is 5.81. The van der Waals surface area contributed by atoms with Crippen molar-refractivity contribution in [1.29, 1.82) is 0 Å². The summed E-state index contributed by atoms with van der Waals surface area (Å²) in [7, 11) is 3.23. The first-order valence-electron chi connectivity index (χ1n) is 6.80. The zero-order valence-corrected chi connectivity index (χ0v) is 12.5. The van der Waals surface area contributed by atoms with Gasteiger partial charge in [-0.1, -0.05) is 6.07 Å². The van der Waals surface area contributed by atoms with Crippen molar-refractivity contribution in [1.82, 2.24) is 0 Å². The Hall–Kier alpha value is -2.82. The van der Waals surface area contributed by atoms with E-state index in [1.807, 2.05) is 36.4 Å². The molecule has 3 rings (SSSR count). The molecular weight excluding hydrogens is 282 g/mol. The van der Waals surface area contributed by atoms with E-state index in [2.05, 4.69) is 0 Å². The Morgan fingerprint density at radius 2 is 1.64 bits per heavy atom. The van der Waals surface area contributed by atoms with Gasteiger partial charge in [0.25, 0.3) is 0 Å². The van der Waals surface area contributed by atoms with Gasteiger partial charge in [0.2, 0.25) is 6.79 Å². The lowest BCUT2D eigenvalue weighted by molar-refractivity contribution is 0.174. The number of methoxy groups -OCH3 is 2. The fourth-order valence-electron chi connectivity index (χ4n) is 2.39. The third-order valence-corrected chi connectivity index (χ3v) is 3.51. The van der Waals surface area contributed by atoms with Crippen molar-refractivity contribution in [3.8, 4) is 23.0 Å². The van der Waals surface area contributed by atoms with Gasteiger partial charge in [-0.15, -0.1) is 0 Å². The highest BCUT2D eigenvalue weighted by atomic mass is 16.7. The topological polar surface area (TPSA) is 62.9 Å². The molecule has 0 amide bonds. The van der Waals surface area contributed by atoms with Crippen molar-refractivity contribution in [2.75, 3.05) is 21.0 Å². The van der Waals surface area contributed by atoms with Gasteiger partial charge in [-0.05, 0) is 35.4 Å². The first-order chi connectivity index (χ1) is 10.7. The highest BCUT2D eigenvalue weighted by Gasteiger charge is 2.16. The maximum absolute atomic E-state index is 5.85. The Morgan fingerprint density at radius 3 is 2.27 bits per heavy atom. The Morgan fingerprint density at radius 1 is 0.955 bits per heavy atom. The molecule has 5 nitrogen and oxygen atoms in total. The van der Waals surface area contributed by atoms with E-state index in [9.17, 15) is 0 Å². The third-order valence-electron chi connectivity index (χ3n) is 3.51. The minimum atomic E-state index is 0.243. The maximum atomic E-state index is 5.85. The van der Waals surface area contributed by atoms with Gasteiger partial charge in [0.15, 0.2) is 11.5 Å². The summed E-state index contributed by atoms with van der Waals surface area (Å²) in [5, 5.41) is 0. The average molecular weight is 299 g/mol. The van der Waals surface area contributed by atoms with Crippen LogP contribution >= 0.6 is 0 Å². The van der Waals surface area contributed by atoms with Crippen LogP contribution in [0.15, 0.2) is 42.6 Å². The summed E-state index contributed by atoms with van der Waals surface area (Å²) >= 11 is 0. The van der Waals surface area contributed by atoms with Crippen molar-refractivity contribution in [3.05, 3.63) is 53.7 Å². The first kappa shape index (κ1) is 14.1. The number of ether oxygens (including phenoxy) is 4. The number of rotatable bonds is 4. The van der Waals surface area contributed by atoms with Crippen LogP contribution in [0.2, 0.25) is 0 Å². The zero-order valence-electron chi connectivity index (χ0n) is 12.5. The molecule has 0 aromatic heterocycles. The molecular formula is C17H17NO4. The van der Waals surface area contributed by atoms with Crippen molar-refractivity contribution in [2.24, 2.45) is 5.73 Å². The van der Waals surface area contributed by atoms with Gasteiger partial charge in [0.1, 0.15) is 11.5 Å². The van der Waals surface area contributed by atoms with Crippen LogP contribution in [0.25, 0.3) is 5.57 Å². The van der Waals surface area contributed by atoms with Gasteiger partial charge in [-0.3, -0.25) is 0 Å². The number of nitrogens with two attached hydrogens (primary N) is 1. The van der Waals surface area contributed by atoms with E-state index in [1.165, 1.54) is 0 Å². The smallest absolute Gasteiger partial charge is 0.231 e. The molecule has 2 aromatic carbocycles. The fourth-order valence-corrected chi connectivity index (χ4v) is 2.39. The SMILES string of the molecule is COc1cc(OC)cc(/C(=C\N)c2ccc3c(c2)OCO3)c1. The quantitative estimate of drug-likeness (QED) is 0.940. The molecule has 22 heavy (non-hydrogen) atoms. The van der Waals surface area contributed by atoms with Crippen molar-refractivity contribution < 1.29 is 18.9 Å². The van der Waals surface area contributed by atoms with E-state index in [0.717, 1.165) is 22.4 Å². The van der Waals surface area contributed by atoms with Crippen LogP contribution in [0.3, 0.4) is 0 Å². The molecule has 5 heteroatoms. The van der Waals surface area contributed by atoms with Gasteiger partial charge in [0.05, 0.1) is 14.2 Å². The Labute approximate surface area is 128 Å². The molecule has 0 saturated carbocycles. The van der Waals surface area contributed by atoms with Gasteiger partial charge >= 0.3 is 0 Å². The normalized spacial score (nSPS) is 13.1. The van der Waals surface area contributed by atoms with Crippen LogP contribution in [0.5, 0.6) is 23.0 Å². The largest absolute Gasteiger partial charge is 0.497 e. The van der Waals surface area contributed by atoms with E-state index >= 15 is 0 Å². The van der Waals surface area contributed by atoms with Crippen LogP contribution in [0, 0.1) is 0 Å². The number of fused-ring (bicyclic) bond motifs is 1. The number of benzene rings is 2. The standard InChI is InChI=1S/C17H17NO4/c1-19-13-5-12(6-14(8-13)20-2)15(9-18)11-3-4-16-17(7-11)22-10-21-16/h3-9H,10,18H2,1-2H3/b15-9-. The zero-order chi connectivity index (χ0) is 15.5. The summed E-state index contributed by atoms with van der Waals surface area (Å²) in [5.41, 5.74) is 8.54. The second-order valence-corrected chi connectivity index (χ2v) is 4.75. The molecule has 0 atom stereocenters. The van der Waals surface area contributed by atoms with E-state index in [0.29, 0.717) is 17.2 Å². The van der Waals surface area contributed by atoms with Crippen LogP contribution in [-0.4, -0.2) is 21.0 Å². The number of hydrogen-bond acceptors (Lipinski definition) is 5. The maximum Gasteiger partial charge on any atom is 0.231 e. The molecule has 1 heterocycles. The molecule has 0 saturated heterocycles. The van der Waals surface area contributed by atoms with Gasteiger partial charge in [-0.25, -0.2) is 0 Å². The molecule has 0 spiro atoms. The molecule has 0 unspecified atom stereocenters. The minimum absolute atomic E-state index is 0.243. The molecule has 0 aliphatic carbocycles. The average Bonchev–Trinajstić information content (AvgIpc) is 3.03. The molecule has 2 N–H and O–H groups in total. The Kier molecular flexibility index (Phi) is 3.78. The monoisotopic (exact) mass is 299 g/mol. The Bertz CT molecular complexity index is 702. The summed E-state index contributed by atoms with van der Waals surface area (Å²) in [6, 6.07) is 11.4. The van der Waals surface area contributed by atoms with Crippen LogP contribution in [0.1, 0.15) is 11.1 Å². The van der Waals surface area contributed by atoms with Crippen LogP contribution in [0.4, 0.5) is 0 Å². The lowest BCUT2D eigenvalue weighted by atomic mass is 9.98. The molecule has 1 aliphatic heterocycles. The van der Waals surface area contributed by atoms with E-state index < -0.39 is 0 Å². The van der Waals surface area contributed by atoms with Crippen molar-refractivity contribution >= 4 is 5.57 Å². The molecule has 1 aliphatic rings. The first-order valence-corrected chi connectivity index (χ1v) is 6.80. The Balaban J connectivity index is 2.05. The lowest BCUT2D eigenvalue weighted by Crippen LogP contribution is -1.95. The van der Waals surface area contributed by atoms with Crippen LogP contribution in [-0.2, 0) is 0 Å². The summed E-state index contributed by atoms with van der Waals surface area (Å²) in [6.45, 7) is 0.243. The van der Waals surface area contributed by atoms with Gasteiger partial charge in [-0.2, -0.15) is 0 Å². The second kappa shape index (κ2) is 5.89. The number of hydrogen-bond donors (Lipinski definition) is 1. The minimum Gasteiger partial charge on any atom is -0.497 e. The molecule has 114 valence electrons. The second-order valence-electron chi connectivity index (χ2n) is 4.75. The molecule has 0 radical (unpaired) electrons. The van der Waals surface area contributed by atoms with Crippen LogP contribution < -0.4 is 24.7 Å². The summed E-state index contributed by atoms with van der Waals surface area (Å²) in [6.07, 6.45) is 1.56. The summed E-state index contributed by atoms with van der Waals surface area (Å²) < 4.78 is 21.4. The molecule has 2 aromatic rings. The molecule has 0 fully saturated rings.